The quantitative estimate of drug-likeness (QED) is 0.670. The highest BCUT2D eigenvalue weighted by Crippen LogP contribution is 2.32. The molecule has 1 atom stereocenters. The van der Waals surface area contributed by atoms with Crippen molar-refractivity contribution in [3.05, 3.63) is 77.4 Å². The minimum Gasteiger partial charge on any atom is -0.227 e. The van der Waals surface area contributed by atoms with Crippen molar-refractivity contribution in [3.8, 4) is 0 Å². The highest BCUT2D eigenvalue weighted by atomic mass is 32.2. The van der Waals surface area contributed by atoms with Gasteiger partial charge in [-0.3, -0.25) is 0 Å². The molecule has 6 nitrogen and oxygen atoms in total. The number of hydrogen-bond acceptors (Lipinski definition) is 5. The summed E-state index contributed by atoms with van der Waals surface area (Å²) in [6.07, 6.45) is 0. The second kappa shape index (κ2) is 7.19. The van der Waals surface area contributed by atoms with E-state index in [2.05, 4.69) is 15.4 Å². The number of aromatic nitrogens is 4. The summed E-state index contributed by atoms with van der Waals surface area (Å²) in [5.74, 6) is -0.647. The van der Waals surface area contributed by atoms with E-state index in [1.807, 2.05) is 26.8 Å². The van der Waals surface area contributed by atoms with E-state index in [0.29, 0.717) is 11.1 Å². The van der Waals surface area contributed by atoms with Crippen LogP contribution in [0.1, 0.15) is 43.0 Å². The maximum Gasteiger partial charge on any atom is 0.189 e. The number of tetrazole rings is 1. The van der Waals surface area contributed by atoms with E-state index in [1.54, 1.807) is 24.3 Å². The molecule has 0 radical (unpaired) electrons. The van der Waals surface area contributed by atoms with Gasteiger partial charge in [-0.25, -0.2) is 12.8 Å². The van der Waals surface area contributed by atoms with Gasteiger partial charge in [-0.15, -0.1) is 10.2 Å². The molecule has 1 aromatic heterocycles. The van der Waals surface area contributed by atoms with Crippen LogP contribution in [-0.2, 0) is 21.1 Å². The number of sulfone groups is 1. The normalized spacial score (nSPS) is 13.5. The lowest BCUT2D eigenvalue weighted by molar-refractivity contribution is 0.305. The summed E-state index contributed by atoms with van der Waals surface area (Å²) in [6, 6.07) is 14.3. The predicted molar refractivity (Wildman–Crippen MR) is 100 cm³/mol. The molecule has 0 saturated heterocycles. The molecule has 0 amide bonds. The van der Waals surface area contributed by atoms with Crippen molar-refractivity contribution in [2.24, 2.45) is 0 Å². The molecule has 2 aromatic carbocycles. The molecule has 3 rings (SSSR count). The first kappa shape index (κ1) is 19.2. The highest BCUT2D eigenvalue weighted by molar-refractivity contribution is 7.91. The van der Waals surface area contributed by atoms with Gasteiger partial charge in [-0.1, -0.05) is 42.5 Å². The van der Waals surface area contributed by atoms with E-state index < -0.39 is 26.4 Å². The lowest BCUT2D eigenvalue weighted by Gasteiger charge is -2.18. The van der Waals surface area contributed by atoms with E-state index in [4.69, 9.17) is 0 Å². The Morgan fingerprint density at radius 3 is 2.15 bits per heavy atom. The van der Waals surface area contributed by atoms with Gasteiger partial charge in [0.25, 0.3) is 0 Å². The van der Waals surface area contributed by atoms with Crippen molar-refractivity contribution in [2.45, 2.75) is 37.3 Å². The molecule has 1 heterocycles. The summed E-state index contributed by atoms with van der Waals surface area (Å²) < 4.78 is 39.8. The monoisotopic (exact) mass is 388 g/mol. The Bertz CT molecular complexity index is 1010. The van der Waals surface area contributed by atoms with Crippen LogP contribution in [0.2, 0.25) is 0 Å². The molecule has 0 aliphatic heterocycles. The zero-order valence-electron chi connectivity index (χ0n) is 15.4. The van der Waals surface area contributed by atoms with Crippen LogP contribution in [0.25, 0.3) is 0 Å². The van der Waals surface area contributed by atoms with Gasteiger partial charge in [0.2, 0.25) is 0 Å². The van der Waals surface area contributed by atoms with Crippen molar-refractivity contribution in [1.29, 1.82) is 0 Å². The van der Waals surface area contributed by atoms with Gasteiger partial charge in [-0.05, 0) is 49.2 Å². The van der Waals surface area contributed by atoms with Crippen LogP contribution in [0.5, 0.6) is 0 Å². The fourth-order valence-electron chi connectivity index (χ4n) is 2.72. The molecule has 0 aliphatic rings. The summed E-state index contributed by atoms with van der Waals surface area (Å²) in [6.45, 7) is 5.70. The third-order valence-corrected chi connectivity index (χ3v) is 5.94. The van der Waals surface area contributed by atoms with Crippen LogP contribution in [0, 0.1) is 5.82 Å². The summed E-state index contributed by atoms with van der Waals surface area (Å²) >= 11 is 0. The maximum absolute atomic E-state index is 13.3. The van der Waals surface area contributed by atoms with Crippen molar-refractivity contribution in [1.82, 2.24) is 20.2 Å². The summed E-state index contributed by atoms with van der Waals surface area (Å²) in [7, 11) is -3.73. The fourth-order valence-corrected chi connectivity index (χ4v) is 4.51. The lowest BCUT2D eigenvalue weighted by atomic mass is 10.0. The van der Waals surface area contributed by atoms with Gasteiger partial charge in [0.15, 0.2) is 15.7 Å². The van der Waals surface area contributed by atoms with E-state index in [0.717, 1.165) is 0 Å². The Kier molecular flexibility index (Phi) is 5.10. The average Bonchev–Trinajstić information content (AvgIpc) is 3.06. The maximum atomic E-state index is 13.3. The number of rotatable bonds is 5. The molecule has 8 heteroatoms. The SMILES string of the molecule is CC(C)(C)n1nnc(CS(=O)(=O)C(c2ccccc2)c2ccc(F)cc2)n1. The Balaban J connectivity index is 2.00. The van der Waals surface area contributed by atoms with Crippen molar-refractivity contribution < 1.29 is 12.8 Å². The third-order valence-electron chi connectivity index (χ3n) is 4.02. The van der Waals surface area contributed by atoms with Crippen molar-refractivity contribution in [2.75, 3.05) is 0 Å². The summed E-state index contributed by atoms with van der Waals surface area (Å²) in [5, 5.41) is 11.1. The van der Waals surface area contributed by atoms with Crippen LogP contribution >= 0.6 is 0 Å². The topological polar surface area (TPSA) is 77.7 Å². The largest absolute Gasteiger partial charge is 0.227 e. The van der Waals surface area contributed by atoms with E-state index in [-0.39, 0.29) is 11.6 Å². The Labute approximate surface area is 158 Å². The Morgan fingerprint density at radius 2 is 1.59 bits per heavy atom. The molecule has 0 spiro atoms. The Morgan fingerprint density at radius 1 is 1.00 bits per heavy atom. The van der Waals surface area contributed by atoms with Crippen LogP contribution < -0.4 is 0 Å². The zero-order chi connectivity index (χ0) is 19.7. The second-order valence-electron chi connectivity index (χ2n) is 7.32. The van der Waals surface area contributed by atoms with Crippen LogP contribution in [0.4, 0.5) is 4.39 Å². The van der Waals surface area contributed by atoms with E-state index in [1.165, 1.54) is 29.1 Å². The molecular weight excluding hydrogens is 367 g/mol. The standard InChI is InChI=1S/C19H21FN4O2S/c1-19(2,3)24-22-17(21-23-24)13-27(25,26)18(14-7-5-4-6-8-14)15-9-11-16(20)12-10-15/h4-12,18H,13H2,1-3H3. The van der Waals surface area contributed by atoms with E-state index >= 15 is 0 Å². The molecule has 0 saturated carbocycles. The van der Waals surface area contributed by atoms with Crippen molar-refractivity contribution >= 4 is 9.84 Å². The number of halogens is 1. The minimum atomic E-state index is -3.73. The van der Waals surface area contributed by atoms with Gasteiger partial charge in [0.05, 0.1) is 5.54 Å². The molecule has 3 aromatic rings. The van der Waals surface area contributed by atoms with Gasteiger partial charge in [0.1, 0.15) is 16.8 Å². The van der Waals surface area contributed by atoms with Gasteiger partial charge < -0.3 is 0 Å². The molecule has 27 heavy (non-hydrogen) atoms. The van der Waals surface area contributed by atoms with Gasteiger partial charge in [0, 0.05) is 0 Å². The molecule has 0 fully saturated rings. The first-order chi connectivity index (χ1) is 12.7. The number of benzene rings is 2. The van der Waals surface area contributed by atoms with Gasteiger partial charge >= 0.3 is 0 Å². The smallest absolute Gasteiger partial charge is 0.189 e. The second-order valence-corrected chi connectivity index (χ2v) is 9.40. The van der Waals surface area contributed by atoms with Gasteiger partial charge in [-0.2, -0.15) is 4.80 Å². The minimum absolute atomic E-state index is 0.132. The number of hydrogen-bond donors (Lipinski definition) is 0. The van der Waals surface area contributed by atoms with Crippen LogP contribution in [-0.4, -0.2) is 28.6 Å². The highest BCUT2D eigenvalue weighted by Gasteiger charge is 2.31. The molecular formula is C19H21FN4O2S. The van der Waals surface area contributed by atoms with Crippen LogP contribution in [0.15, 0.2) is 54.6 Å². The molecule has 0 bridgehead atoms. The summed E-state index contributed by atoms with van der Waals surface area (Å²) in [5.41, 5.74) is 0.697. The van der Waals surface area contributed by atoms with Crippen LogP contribution in [0.3, 0.4) is 0 Å². The lowest BCUT2D eigenvalue weighted by Crippen LogP contribution is -2.25. The Hall–Kier alpha value is -2.61. The number of nitrogens with zero attached hydrogens (tertiary/aromatic N) is 4. The molecule has 0 aliphatic carbocycles. The van der Waals surface area contributed by atoms with Crippen molar-refractivity contribution in [3.63, 3.8) is 0 Å². The predicted octanol–water partition coefficient (Wildman–Crippen LogP) is 3.27. The summed E-state index contributed by atoms with van der Waals surface area (Å²) in [4.78, 5) is 1.40. The third kappa shape index (κ3) is 4.39. The first-order valence-corrected chi connectivity index (χ1v) is 10.2. The van der Waals surface area contributed by atoms with E-state index in [9.17, 15) is 12.8 Å². The molecule has 0 N–H and O–H groups in total. The average molecular weight is 388 g/mol. The first-order valence-electron chi connectivity index (χ1n) is 8.48. The zero-order valence-corrected chi connectivity index (χ0v) is 16.2. The molecule has 1 unspecified atom stereocenters. The molecule has 142 valence electrons. The fraction of sp³-hybridized carbons (Fsp3) is 0.316.